The van der Waals surface area contributed by atoms with E-state index in [0.29, 0.717) is 6.42 Å². The lowest BCUT2D eigenvalue weighted by Gasteiger charge is -2.08. The summed E-state index contributed by atoms with van der Waals surface area (Å²) in [4.78, 5) is 14.5. The molecule has 0 fully saturated rings. The van der Waals surface area contributed by atoms with Crippen molar-refractivity contribution in [3.8, 4) is 0 Å². The molecule has 0 saturated heterocycles. The van der Waals surface area contributed by atoms with Gasteiger partial charge in [0, 0.05) is 7.14 Å². The number of carbonyl (C=O) groups excluding carboxylic acids is 1. The van der Waals surface area contributed by atoms with Crippen LogP contribution in [0.5, 0.6) is 0 Å². The predicted molar refractivity (Wildman–Crippen MR) is 72.3 cm³/mol. The SMILES string of the molecule is N[C@@H](Cc1cc(I)cc(I)c1)C(=O)OO. The Kier molecular flexibility index (Phi) is 5.23. The van der Waals surface area contributed by atoms with Crippen molar-refractivity contribution in [2.45, 2.75) is 12.5 Å². The van der Waals surface area contributed by atoms with Crippen LogP contribution in [0.3, 0.4) is 0 Å². The Balaban J connectivity index is 2.76. The largest absolute Gasteiger partial charge is 0.358 e. The van der Waals surface area contributed by atoms with Crippen LogP contribution in [0.25, 0.3) is 0 Å². The summed E-state index contributed by atoms with van der Waals surface area (Å²) < 4.78 is 2.16. The average molecular weight is 433 g/mol. The van der Waals surface area contributed by atoms with Crippen molar-refractivity contribution >= 4 is 51.2 Å². The Hall–Kier alpha value is 0.0700. The van der Waals surface area contributed by atoms with Crippen LogP contribution in [0, 0.1) is 7.14 Å². The van der Waals surface area contributed by atoms with Gasteiger partial charge >= 0.3 is 5.97 Å². The Morgan fingerprint density at radius 1 is 1.40 bits per heavy atom. The lowest BCUT2D eigenvalue weighted by molar-refractivity contribution is -0.235. The van der Waals surface area contributed by atoms with Crippen LogP contribution < -0.4 is 5.73 Å². The van der Waals surface area contributed by atoms with E-state index in [1.165, 1.54) is 0 Å². The van der Waals surface area contributed by atoms with Gasteiger partial charge in [0.05, 0.1) is 0 Å². The molecule has 0 unspecified atom stereocenters. The van der Waals surface area contributed by atoms with E-state index in [1.807, 2.05) is 18.2 Å². The Morgan fingerprint density at radius 3 is 2.40 bits per heavy atom. The molecule has 0 saturated carbocycles. The highest BCUT2D eigenvalue weighted by atomic mass is 127. The zero-order valence-corrected chi connectivity index (χ0v) is 11.9. The number of hydrogen-bond acceptors (Lipinski definition) is 4. The number of nitrogens with two attached hydrogens (primary N) is 1. The van der Waals surface area contributed by atoms with Gasteiger partial charge in [-0.25, -0.2) is 4.79 Å². The quantitative estimate of drug-likeness (QED) is 0.434. The Morgan fingerprint density at radius 2 is 1.93 bits per heavy atom. The molecule has 0 radical (unpaired) electrons. The molecule has 0 spiro atoms. The second-order valence-corrected chi connectivity index (χ2v) is 5.49. The third kappa shape index (κ3) is 4.21. The zero-order valence-electron chi connectivity index (χ0n) is 7.61. The van der Waals surface area contributed by atoms with Gasteiger partial charge in [-0.15, -0.1) is 0 Å². The fourth-order valence-electron chi connectivity index (χ4n) is 1.13. The number of benzene rings is 1. The molecular weight excluding hydrogens is 424 g/mol. The summed E-state index contributed by atoms with van der Waals surface area (Å²) in [5.74, 6) is -0.816. The lowest BCUT2D eigenvalue weighted by Crippen LogP contribution is -2.33. The molecule has 0 aliphatic carbocycles. The highest BCUT2D eigenvalue weighted by Crippen LogP contribution is 2.15. The molecular formula is C9H9I2NO3. The van der Waals surface area contributed by atoms with Gasteiger partial charge in [-0.3, -0.25) is 4.89 Å². The van der Waals surface area contributed by atoms with Gasteiger partial charge < -0.3 is 5.73 Å². The summed E-state index contributed by atoms with van der Waals surface area (Å²) in [7, 11) is 0. The van der Waals surface area contributed by atoms with E-state index in [4.69, 9.17) is 11.0 Å². The normalized spacial score (nSPS) is 12.3. The van der Waals surface area contributed by atoms with Gasteiger partial charge in [-0.05, 0) is 75.4 Å². The maximum atomic E-state index is 10.9. The summed E-state index contributed by atoms with van der Waals surface area (Å²) >= 11 is 4.39. The van der Waals surface area contributed by atoms with Crippen molar-refractivity contribution in [2.24, 2.45) is 5.73 Å². The first-order chi connectivity index (χ1) is 7.02. The van der Waals surface area contributed by atoms with Crippen molar-refractivity contribution in [3.05, 3.63) is 30.9 Å². The molecule has 1 aromatic rings. The van der Waals surface area contributed by atoms with Crippen molar-refractivity contribution in [3.63, 3.8) is 0 Å². The highest BCUT2D eigenvalue weighted by molar-refractivity contribution is 14.1. The number of rotatable bonds is 3. The van der Waals surface area contributed by atoms with Crippen LogP contribution in [-0.2, 0) is 16.1 Å². The third-order valence-corrected chi connectivity index (χ3v) is 3.02. The van der Waals surface area contributed by atoms with Crippen LogP contribution in [0.4, 0.5) is 0 Å². The van der Waals surface area contributed by atoms with E-state index in [2.05, 4.69) is 50.1 Å². The maximum Gasteiger partial charge on any atom is 0.358 e. The van der Waals surface area contributed by atoms with Gasteiger partial charge in [0.2, 0.25) is 0 Å². The Labute approximate surface area is 114 Å². The van der Waals surface area contributed by atoms with Gasteiger partial charge in [0.1, 0.15) is 6.04 Å². The summed E-state index contributed by atoms with van der Waals surface area (Å²) in [5, 5.41) is 8.16. The molecule has 1 atom stereocenters. The van der Waals surface area contributed by atoms with Crippen molar-refractivity contribution in [2.75, 3.05) is 0 Å². The van der Waals surface area contributed by atoms with Crippen molar-refractivity contribution < 1.29 is 14.9 Å². The first kappa shape index (κ1) is 13.1. The van der Waals surface area contributed by atoms with E-state index in [0.717, 1.165) is 12.7 Å². The predicted octanol–water partition coefficient (Wildman–Crippen LogP) is 1.78. The topological polar surface area (TPSA) is 72.6 Å². The number of carbonyl (C=O) groups is 1. The fraction of sp³-hybridized carbons (Fsp3) is 0.222. The molecule has 0 aliphatic heterocycles. The van der Waals surface area contributed by atoms with E-state index >= 15 is 0 Å². The monoisotopic (exact) mass is 433 g/mol. The van der Waals surface area contributed by atoms with Crippen molar-refractivity contribution in [1.82, 2.24) is 0 Å². The molecule has 4 nitrogen and oxygen atoms in total. The van der Waals surface area contributed by atoms with E-state index in [1.54, 1.807) is 0 Å². The van der Waals surface area contributed by atoms with E-state index < -0.39 is 12.0 Å². The molecule has 0 aromatic heterocycles. The molecule has 15 heavy (non-hydrogen) atoms. The minimum atomic E-state index is -0.830. The first-order valence-electron chi connectivity index (χ1n) is 4.08. The summed E-state index contributed by atoms with van der Waals surface area (Å²) in [6.45, 7) is 0. The molecule has 1 rings (SSSR count). The first-order valence-corrected chi connectivity index (χ1v) is 6.24. The van der Waals surface area contributed by atoms with Crippen LogP contribution in [0.1, 0.15) is 5.56 Å². The van der Waals surface area contributed by atoms with Crippen molar-refractivity contribution in [1.29, 1.82) is 0 Å². The molecule has 0 bridgehead atoms. The summed E-state index contributed by atoms with van der Waals surface area (Å²) in [6, 6.07) is 5.06. The smallest absolute Gasteiger partial charge is 0.318 e. The third-order valence-electron chi connectivity index (χ3n) is 1.77. The lowest BCUT2D eigenvalue weighted by atomic mass is 10.1. The Bertz CT molecular complexity index is 350. The number of hydrogen-bond donors (Lipinski definition) is 2. The molecule has 0 aliphatic rings. The van der Waals surface area contributed by atoms with Crippen LogP contribution in [0.2, 0.25) is 0 Å². The molecule has 6 heteroatoms. The minimum absolute atomic E-state index is 0.353. The highest BCUT2D eigenvalue weighted by Gasteiger charge is 2.16. The minimum Gasteiger partial charge on any atom is -0.318 e. The standard InChI is InChI=1S/C9H9I2NO3/c10-6-1-5(2-7(11)4-6)3-8(12)9(13)15-14/h1-2,4,8,14H,3,12H2/t8-/m0/s1. The maximum absolute atomic E-state index is 10.9. The number of halogens is 2. The second kappa shape index (κ2) is 5.97. The molecule has 0 amide bonds. The fourth-order valence-corrected chi connectivity index (χ4v) is 3.20. The summed E-state index contributed by atoms with van der Waals surface area (Å²) in [6.07, 6.45) is 0.353. The van der Waals surface area contributed by atoms with Crippen LogP contribution >= 0.6 is 45.2 Å². The molecule has 1 aromatic carbocycles. The zero-order chi connectivity index (χ0) is 11.4. The van der Waals surface area contributed by atoms with Crippen LogP contribution in [0.15, 0.2) is 18.2 Å². The molecule has 0 heterocycles. The van der Waals surface area contributed by atoms with E-state index in [-0.39, 0.29) is 0 Å². The van der Waals surface area contributed by atoms with Gasteiger partial charge in [0.25, 0.3) is 0 Å². The average Bonchev–Trinajstić information content (AvgIpc) is 2.14. The van der Waals surface area contributed by atoms with E-state index in [9.17, 15) is 4.79 Å². The summed E-state index contributed by atoms with van der Waals surface area (Å²) in [5.41, 5.74) is 6.47. The molecule has 3 N–H and O–H groups in total. The van der Waals surface area contributed by atoms with Gasteiger partial charge in [-0.1, -0.05) is 0 Å². The van der Waals surface area contributed by atoms with Gasteiger partial charge in [-0.2, -0.15) is 5.26 Å². The second-order valence-electron chi connectivity index (χ2n) is 3.00. The van der Waals surface area contributed by atoms with Crippen LogP contribution in [-0.4, -0.2) is 17.3 Å². The molecule has 82 valence electrons. The van der Waals surface area contributed by atoms with Gasteiger partial charge in [0.15, 0.2) is 0 Å².